The molecule has 0 aliphatic rings. The van der Waals surface area contributed by atoms with Gasteiger partial charge >= 0.3 is 43.0 Å². The maximum absolute atomic E-state index is 3.23. The van der Waals surface area contributed by atoms with Crippen LogP contribution >= 0.6 is 24.4 Å². The van der Waals surface area contributed by atoms with Gasteiger partial charge in [0.25, 0.3) is 0 Å². The summed E-state index contributed by atoms with van der Waals surface area (Å²) in [7, 11) is 1.08. The van der Waals surface area contributed by atoms with Crippen molar-refractivity contribution in [3.8, 4) is 22.3 Å². The maximum atomic E-state index is 3.23. The number of rotatable bonds is 2. The fourth-order valence-electron chi connectivity index (χ4n) is 4.51. The molecular weight excluding hydrogens is 687 g/mol. The van der Waals surface area contributed by atoms with Gasteiger partial charge in [-0.2, -0.15) is 12.1 Å². The Morgan fingerprint density at radius 2 is 0.895 bits per heavy atom. The first kappa shape index (κ1) is 30.7. The Bertz CT molecular complexity index is 1400. The molecule has 6 aromatic carbocycles. The molecule has 0 aliphatic carbocycles. The second kappa shape index (κ2) is 16.3. The van der Waals surface area contributed by atoms with Gasteiger partial charge in [-0.15, -0.1) is 69.1 Å². The van der Waals surface area contributed by atoms with Crippen molar-refractivity contribution in [1.29, 1.82) is 0 Å². The van der Waals surface area contributed by atoms with Crippen LogP contribution in [0, 0.1) is 13.8 Å². The summed E-state index contributed by atoms with van der Waals surface area (Å²) < 4.78 is 0. The average molecular weight is 720 g/mol. The van der Waals surface area contributed by atoms with E-state index in [0.29, 0.717) is 0 Å². The van der Waals surface area contributed by atoms with Crippen LogP contribution in [-0.4, -0.2) is 9.52 Å². The Morgan fingerprint density at radius 1 is 0.553 bits per heavy atom. The van der Waals surface area contributed by atoms with Crippen LogP contribution in [0.15, 0.2) is 121 Å². The van der Waals surface area contributed by atoms with Gasteiger partial charge < -0.3 is 0 Å². The standard InChI is InChI=1S/2C16H13.C2H6Si.2BrH.Zr/c2*1-12-10-14-8-5-9-15(16(14)11-12)13-6-3-2-4-7-13;1-3-2;;;/h2*2-11H,1H3;1-2H3;2*1H;/q2*-1;;;;+4/p-2. The molecule has 0 heterocycles. The minimum absolute atomic E-state index is 0.145. The first-order valence-electron chi connectivity index (χ1n) is 12.5. The van der Waals surface area contributed by atoms with Crippen LogP contribution in [0.2, 0.25) is 13.1 Å². The summed E-state index contributed by atoms with van der Waals surface area (Å²) in [6.45, 7) is 8.60. The van der Waals surface area contributed by atoms with Crippen molar-refractivity contribution >= 4 is 55.5 Å². The monoisotopic (exact) mass is 716 g/mol. The van der Waals surface area contributed by atoms with E-state index in [0.717, 1.165) is 9.52 Å². The van der Waals surface area contributed by atoms with Gasteiger partial charge in [0, 0.05) is 9.52 Å². The van der Waals surface area contributed by atoms with E-state index in [-0.39, 0.29) is 18.5 Å². The molecule has 4 heteroatoms. The number of fused-ring (bicyclic) bond motifs is 2. The zero-order valence-electron chi connectivity index (χ0n) is 22.3. The van der Waals surface area contributed by atoms with Crippen LogP contribution < -0.4 is 0 Å². The summed E-state index contributed by atoms with van der Waals surface area (Å²) in [5.41, 5.74) is 7.89. The molecule has 0 bridgehead atoms. The first-order valence-corrected chi connectivity index (χ1v) is 25.7. The van der Waals surface area contributed by atoms with Crippen molar-refractivity contribution in [3.05, 3.63) is 132 Å². The molecule has 0 spiro atoms. The van der Waals surface area contributed by atoms with Crippen LogP contribution in [0.5, 0.6) is 0 Å². The molecule has 0 aromatic heterocycles. The number of hydrogen-bond acceptors (Lipinski definition) is 0. The van der Waals surface area contributed by atoms with Crippen molar-refractivity contribution in [3.63, 3.8) is 0 Å². The van der Waals surface area contributed by atoms with Gasteiger partial charge in [0.15, 0.2) is 0 Å². The van der Waals surface area contributed by atoms with E-state index in [1.54, 1.807) is 0 Å². The zero-order chi connectivity index (χ0) is 27.3. The van der Waals surface area contributed by atoms with Crippen molar-refractivity contribution < 1.29 is 18.5 Å². The molecule has 190 valence electrons. The van der Waals surface area contributed by atoms with E-state index in [4.69, 9.17) is 0 Å². The molecule has 0 atom stereocenters. The molecule has 0 saturated carbocycles. The van der Waals surface area contributed by atoms with E-state index < -0.39 is 0 Å². The molecule has 0 aliphatic heterocycles. The predicted molar refractivity (Wildman–Crippen MR) is 175 cm³/mol. The van der Waals surface area contributed by atoms with Crippen molar-refractivity contribution in [2.45, 2.75) is 26.9 Å². The zero-order valence-corrected chi connectivity index (χ0v) is 28.9. The summed E-state index contributed by atoms with van der Waals surface area (Å²) in [5, 5.41) is 5.37. The molecule has 0 nitrogen and oxygen atoms in total. The Labute approximate surface area is 253 Å². The number of aryl methyl sites for hydroxylation is 2. The third-order valence-corrected chi connectivity index (χ3v) is 5.96. The van der Waals surface area contributed by atoms with Gasteiger partial charge in [-0.1, -0.05) is 111 Å². The predicted octanol–water partition coefficient (Wildman–Crippen LogP) is 11.5. The average Bonchev–Trinajstić information content (AvgIpc) is 3.51. The summed E-state index contributed by atoms with van der Waals surface area (Å²) in [6.07, 6.45) is 0. The molecule has 6 rings (SSSR count). The molecule has 38 heavy (non-hydrogen) atoms. The number of halogens is 2. The molecule has 0 fully saturated rings. The fourth-order valence-corrected chi connectivity index (χ4v) is 4.51. The van der Waals surface area contributed by atoms with Gasteiger partial charge in [-0.3, -0.25) is 0 Å². The van der Waals surface area contributed by atoms with E-state index >= 15 is 0 Å². The number of benzene rings is 4. The molecule has 6 aromatic rings. The van der Waals surface area contributed by atoms with E-state index in [1.807, 2.05) is 0 Å². The minimum atomic E-state index is -0.145. The second-order valence-corrected chi connectivity index (χ2v) is 21.3. The molecule has 0 amide bonds. The summed E-state index contributed by atoms with van der Waals surface area (Å²) in [5.74, 6) is 0. The molecular formula is C34H32Br2SiZr. The summed E-state index contributed by atoms with van der Waals surface area (Å²) in [4.78, 5) is 0. The third kappa shape index (κ3) is 8.58. The van der Waals surface area contributed by atoms with Gasteiger partial charge in [0.2, 0.25) is 0 Å². The van der Waals surface area contributed by atoms with Crippen molar-refractivity contribution in [2.75, 3.05) is 0 Å². The summed E-state index contributed by atoms with van der Waals surface area (Å²) in [6, 6.07) is 43.1. The first-order chi connectivity index (χ1) is 18.5. The van der Waals surface area contributed by atoms with E-state index in [1.165, 1.54) is 54.9 Å². The Hall–Kier alpha value is -1.84. The van der Waals surface area contributed by atoms with Gasteiger partial charge in [-0.25, -0.2) is 0 Å². The topological polar surface area (TPSA) is 0 Å². The Kier molecular flexibility index (Phi) is 13.2. The van der Waals surface area contributed by atoms with Gasteiger partial charge in [0.05, 0.1) is 0 Å². The fraction of sp³-hybridized carbons (Fsp3) is 0.118. The van der Waals surface area contributed by atoms with Crippen LogP contribution in [0.4, 0.5) is 0 Å². The quantitative estimate of drug-likeness (QED) is 0.123. The van der Waals surface area contributed by atoms with Crippen molar-refractivity contribution in [1.82, 2.24) is 0 Å². The Morgan fingerprint density at radius 3 is 1.24 bits per heavy atom. The molecule has 0 saturated heterocycles. The molecule has 0 unspecified atom stereocenters. The Balaban J connectivity index is 0.000000175. The van der Waals surface area contributed by atoms with E-state index in [9.17, 15) is 0 Å². The third-order valence-electron chi connectivity index (χ3n) is 5.96. The van der Waals surface area contributed by atoms with Crippen LogP contribution in [-0.2, 0) is 18.5 Å². The summed E-state index contributed by atoms with van der Waals surface area (Å²) >= 11 is 6.32. The molecule has 2 radical (unpaired) electrons. The van der Waals surface area contributed by atoms with Crippen LogP contribution in [0.1, 0.15) is 11.1 Å². The SMILES string of the molecule is C[Si]C.Cc1cc2c(-c3ccccc3)cccc2[cH-]1.Cc1cc2c(-c3ccccc3)cccc2[cH-]1.[Br][Zr+2][Br]. The number of hydrogen-bond donors (Lipinski definition) is 0. The normalized spacial score (nSPS) is 9.84. The van der Waals surface area contributed by atoms with Gasteiger partial charge in [0.1, 0.15) is 0 Å². The van der Waals surface area contributed by atoms with Crippen LogP contribution in [0.3, 0.4) is 0 Å². The van der Waals surface area contributed by atoms with Gasteiger partial charge in [-0.05, 0) is 11.1 Å². The molecule has 0 N–H and O–H groups in total. The second-order valence-electron chi connectivity index (χ2n) is 8.99. The van der Waals surface area contributed by atoms with E-state index in [2.05, 4.69) is 173 Å². The van der Waals surface area contributed by atoms with Crippen LogP contribution in [0.25, 0.3) is 43.8 Å². The van der Waals surface area contributed by atoms with Crippen molar-refractivity contribution in [2.24, 2.45) is 0 Å².